The zero-order chi connectivity index (χ0) is 15.4. The molecule has 0 aliphatic heterocycles. The lowest BCUT2D eigenvalue weighted by molar-refractivity contribution is 0.233. The van der Waals surface area contributed by atoms with Crippen molar-refractivity contribution in [2.24, 2.45) is 0 Å². The summed E-state index contributed by atoms with van der Waals surface area (Å²) in [6.07, 6.45) is 1.02. The van der Waals surface area contributed by atoms with E-state index in [0.717, 1.165) is 5.56 Å². The van der Waals surface area contributed by atoms with Gasteiger partial charge in [-0.1, -0.05) is 32.9 Å². The monoisotopic (exact) mass is 299 g/mol. The highest BCUT2D eigenvalue weighted by Gasteiger charge is 2.28. The van der Waals surface area contributed by atoms with Gasteiger partial charge in [0, 0.05) is 12.1 Å². The quantitative estimate of drug-likeness (QED) is 0.813. The Morgan fingerprint density at radius 2 is 1.80 bits per heavy atom. The standard InChI is InChI=1S/C15H25NO3S/c1-5-15(4,10-11-17)16-20(18,19)14-8-6-13(7-9-14)12(2)3/h6-9,12,16-17H,5,10-11H2,1-4H3. The molecule has 0 saturated carbocycles. The molecule has 0 aliphatic carbocycles. The van der Waals surface area contributed by atoms with Gasteiger partial charge in [-0.05, 0) is 43.4 Å². The van der Waals surface area contributed by atoms with E-state index >= 15 is 0 Å². The molecule has 20 heavy (non-hydrogen) atoms. The Bertz CT molecular complexity index is 523. The van der Waals surface area contributed by atoms with Crippen molar-refractivity contribution in [3.8, 4) is 0 Å². The first kappa shape index (κ1) is 17.1. The first-order valence-corrected chi connectivity index (χ1v) is 8.47. The number of benzene rings is 1. The molecule has 0 fully saturated rings. The molecule has 1 rings (SSSR count). The summed E-state index contributed by atoms with van der Waals surface area (Å²) in [5.74, 6) is 0.370. The van der Waals surface area contributed by atoms with Crippen molar-refractivity contribution >= 4 is 10.0 Å². The predicted octanol–water partition coefficient (Wildman–Crippen LogP) is 2.64. The molecule has 1 aromatic rings. The van der Waals surface area contributed by atoms with Crippen molar-refractivity contribution in [1.82, 2.24) is 4.72 Å². The van der Waals surface area contributed by atoms with Gasteiger partial charge in [-0.25, -0.2) is 13.1 Å². The van der Waals surface area contributed by atoms with Crippen molar-refractivity contribution in [3.05, 3.63) is 29.8 Å². The summed E-state index contributed by atoms with van der Waals surface area (Å²) in [7, 11) is -3.56. The van der Waals surface area contributed by atoms with E-state index in [4.69, 9.17) is 5.11 Å². The van der Waals surface area contributed by atoms with Crippen LogP contribution in [0.4, 0.5) is 0 Å². The molecule has 114 valence electrons. The summed E-state index contributed by atoms with van der Waals surface area (Å²) in [6, 6.07) is 6.95. The second-order valence-electron chi connectivity index (χ2n) is 5.72. The third-order valence-electron chi connectivity index (χ3n) is 3.68. The lowest BCUT2D eigenvalue weighted by atomic mass is 9.97. The summed E-state index contributed by atoms with van der Waals surface area (Å²) in [6.45, 7) is 7.80. The number of rotatable bonds is 7. The van der Waals surface area contributed by atoms with Crippen molar-refractivity contribution in [1.29, 1.82) is 0 Å². The molecule has 4 nitrogen and oxygen atoms in total. The van der Waals surface area contributed by atoms with Gasteiger partial charge < -0.3 is 5.11 Å². The summed E-state index contributed by atoms with van der Waals surface area (Å²) in [5.41, 5.74) is 0.488. The largest absolute Gasteiger partial charge is 0.396 e. The fourth-order valence-corrected chi connectivity index (χ4v) is 3.47. The minimum atomic E-state index is -3.56. The number of aliphatic hydroxyl groups is 1. The van der Waals surface area contributed by atoms with Crippen LogP contribution in [0.25, 0.3) is 0 Å². The van der Waals surface area contributed by atoms with Gasteiger partial charge in [0.05, 0.1) is 4.90 Å². The number of aliphatic hydroxyl groups excluding tert-OH is 1. The molecule has 0 radical (unpaired) electrons. The number of sulfonamides is 1. The molecular formula is C15H25NO3S. The van der Waals surface area contributed by atoms with Crippen LogP contribution >= 0.6 is 0 Å². The summed E-state index contributed by atoms with van der Waals surface area (Å²) in [5, 5.41) is 9.06. The van der Waals surface area contributed by atoms with E-state index in [1.807, 2.05) is 26.0 Å². The van der Waals surface area contributed by atoms with Crippen molar-refractivity contribution in [2.75, 3.05) is 6.61 Å². The zero-order valence-corrected chi connectivity index (χ0v) is 13.5. The van der Waals surface area contributed by atoms with Gasteiger partial charge in [0.15, 0.2) is 0 Å². The molecule has 1 aromatic carbocycles. The molecule has 0 bridgehead atoms. The Balaban J connectivity index is 2.98. The SMILES string of the molecule is CCC(C)(CCO)NS(=O)(=O)c1ccc(C(C)C)cc1. The van der Waals surface area contributed by atoms with Crippen LogP contribution in [0, 0.1) is 0 Å². The molecule has 0 amide bonds. The topological polar surface area (TPSA) is 66.4 Å². The molecule has 0 aliphatic rings. The van der Waals surface area contributed by atoms with Gasteiger partial charge in [0.2, 0.25) is 10.0 Å². The molecule has 0 heterocycles. The number of nitrogens with one attached hydrogen (secondary N) is 1. The maximum atomic E-state index is 12.4. The maximum Gasteiger partial charge on any atom is 0.241 e. The summed E-state index contributed by atoms with van der Waals surface area (Å²) in [4.78, 5) is 0.263. The average Bonchev–Trinajstić information content (AvgIpc) is 2.38. The summed E-state index contributed by atoms with van der Waals surface area (Å²) >= 11 is 0. The fraction of sp³-hybridized carbons (Fsp3) is 0.600. The molecule has 5 heteroatoms. The van der Waals surface area contributed by atoms with Crippen molar-refractivity contribution in [3.63, 3.8) is 0 Å². The second-order valence-corrected chi connectivity index (χ2v) is 7.40. The van der Waals surface area contributed by atoms with Gasteiger partial charge in [-0.15, -0.1) is 0 Å². The van der Waals surface area contributed by atoms with Crippen LogP contribution in [0.15, 0.2) is 29.2 Å². The Morgan fingerprint density at radius 3 is 2.20 bits per heavy atom. The molecule has 1 unspecified atom stereocenters. The van der Waals surface area contributed by atoms with E-state index in [0.29, 0.717) is 18.8 Å². The highest BCUT2D eigenvalue weighted by Crippen LogP contribution is 2.21. The molecule has 2 N–H and O–H groups in total. The van der Waals surface area contributed by atoms with Crippen LogP contribution in [-0.4, -0.2) is 25.7 Å². The van der Waals surface area contributed by atoms with Crippen molar-refractivity contribution in [2.45, 2.75) is 56.9 Å². The Morgan fingerprint density at radius 1 is 1.25 bits per heavy atom. The number of hydrogen-bond donors (Lipinski definition) is 2. The zero-order valence-electron chi connectivity index (χ0n) is 12.7. The van der Waals surface area contributed by atoms with Crippen LogP contribution in [-0.2, 0) is 10.0 Å². The highest BCUT2D eigenvalue weighted by molar-refractivity contribution is 7.89. The fourth-order valence-electron chi connectivity index (χ4n) is 1.96. The van der Waals surface area contributed by atoms with Crippen LogP contribution in [0.2, 0.25) is 0 Å². The van der Waals surface area contributed by atoms with Crippen LogP contribution in [0.5, 0.6) is 0 Å². The first-order chi connectivity index (χ1) is 9.24. The second kappa shape index (κ2) is 6.70. The average molecular weight is 299 g/mol. The van der Waals surface area contributed by atoms with E-state index < -0.39 is 15.6 Å². The van der Waals surface area contributed by atoms with Gasteiger partial charge in [0.1, 0.15) is 0 Å². The lowest BCUT2D eigenvalue weighted by Gasteiger charge is -2.28. The normalized spacial score (nSPS) is 15.3. The first-order valence-electron chi connectivity index (χ1n) is 6.99. The minimum absolute atomic E-state index is 0.0425. The van der Waals surface area contributed by atoms with Crippen LogP contribution < -0.4 is 4.72 Å². The minimum Gasteiger partial charge on any atom is -0.396 e. The third kappa shape index (κ3) is 4.30. The molecule has 0 aromatic heterocycles. The predicted molar refractivity (Wildman–Crippen MR) is 81.3 cm³/mol. The third-order valence-corrected chi connectivity index (χ3v) is 5.34. The lowest BCUT2D eigenvalue weighted by Crippen LogP contribution is -2.46. The van der Waals surface area contributed by atoms with E-state index in [1.54, 1.807) is 12.1 Å². The Hall–Kier alpha value is -0.910. The van der Waals surface area contributed by atoms with Gasteiger partial charge in [-0.2, -0.15) is 0 Å². The van der Waals surface area contributed by atoms with Gasteiger partial charge >= 0.3 is 0 Å². The molecule has 0 spiro atoms. The molecule has 0 saturated heterocycles. The van der Waals surface area contributed by atoms with Crippen molar-refractivity contribution < 1.29 is 13.5 Å². The summed E-state index contributed by atoms with van der Waals surface area (Å²) < 4.78 is 27.4. The number of hydrogen-bond acceptors (Lipinski definition) is 3. The van der Waals surface area contributed by atoms with Crippen LogP contribution in [0.3, 0.4) is 0 Å². The molecular weight excluding hydrogens is 274 g/mol. The van der Waals surface area contributed by atoms with E-state index in [1.165, 1.54) is 0 Å². The highest BCUT2D eigenvalue weighted by atomic mass is 32.2. The van der Waals surface area contributed by atoms with E-state index in [2.05, 4.69) is 18.6 Å². The smallest absolute Gasteiger partial charge is 0.241 e. The van der Waals surface area contributed by atoms with E-state index in [9.17, 15) is 8.42 Å². The van der Waals surface area contributed by atoms with Crippen LogP contribution in [0.1, 0.15) is 52.0 Å². The maximum absolute atomic E-state index is 12.4. The Labute approximate surface area is 122 Å². The van der Waals surface area contributed by atoms with Gasteiger partial charge in [0.25, 0.3) is 0 Å². The Kier molecular flexibility index (Phi) is 5.74. The van der Waals surface area contributed by atoms with Gasteiger partial charge in [-0.3, -0.25) is 0 Å². The van der Waals surface area contributed by atoms with E-state index in [-0.39, 0.29) is 11.5 Å². The molecule has 1 atom stereocenters.